The smallest absolute Gasteiger partial charge is 0.178 e. The largest absolute Gasteiger partial charge is 0.331 e. The van der Waals surface area contributed by atoms with Crippen molar-refractivity contribution in [3.05, 3.63) is 27.2 Å². The Morgan fingerprint density at radius 1 is 1.29 bits per heavy atom. The van der Waals surface area contributed by atoms with Gasteiger partial charge in [-0.05, 0) is 61.9 Å². The van der Waals surface area contributed by atoms with E-state index in [0.717, 1.165) is 24.1 Å². The lowest BCUT2D eigenvalue weighted by atomic mass is 10.2. The molecule has 0 aliphatic rings. The van der Waals surface area contributed by atoms with Gasteiger partial charge >= 0.3 is 0 Å². The highest BCUT2D eigenvalue weighted by atomic mass is 79.9. The molecule has 1 N–H and O–H groups in total. The van der Waals surface area contributed by atoms with Gasteiger partial charge in [0.25, 0.3) is 0 Å². The first-order valence-electron chi connectivity index (χ1n) is 7.14. The van der Waals surface area contributed by atoms with E-state index in [1.807, 2.05) is 4.57 Å². The second kappa shape index (κ2) is 6.58. The summed E-state index contributed by atoms with van der Waals surface area (Å²) in [6, 6.07) is 4.20. The first-order valence-corrected chi connectivity index (χ1v) is 8.34. The molecule has 1 aromatic carbocycles. The fourth-order valence-corrected chi connectivity index (χ4v) is 3.34. The van der Waals surface area contributed by atoms with Crippen molar-refractivity contribution in [2.75, 3.05) is 6.54 Å². The molecule has 0 fully saturated rings. The van der Waals surface area contributed by atoms with E-state index >= 15 is 0 Å². The monoisotopic (exact) mass is 373 g/mol. The van der Waals surface area contributed by atoms with Gasteiger partial charge in [-0.1, -0.05) is 0 Å². The molecule has 0 saturated heterocycles. The van der Waals surface area contributed by atoms with Crippen LogP contribution in [0, 0.1) is 10.6 Å². The predicted octanol–water partition coefficient (Wildman–Crippen LogP) is 4.72. The summed E-state index contributed by atoms with van der Waals surface area (Å²) in [5.74, 6) is -0.269. The third kappa shape index (κ3) is 3.55. The van der Waals surface area contributed by atoms with Gasteiger partial charge < -0.3 is 9.55 Å². The number of benzene rings is 1. The topological polar surface area (TPSA) is 24.0 Å². The van der Waals surface area contributed by atoms with Gasteiger partial charge in [-0.15, -0.1) is 0 Å². The molecule has 0 aliphatic heterocycles. The molecule has 6 heteroatoms. The summed E-state index contributed by atoms with van der Waals surface area (Å²) in [4.78, 5) is 5.54. The second-order valence-corrected chi connectivity index (χ2v) is 7.03. The van der Waals surface area contributed by atoms with E-state index in [4.69, 9.17) is 12.2 Å². The predicted molar refractivity (Wildman–Crippen MR) is 91.8 cm³/mol. The summed E-state index contributed by atoms with van der Waals surface area (Å²) in [6.07, 6.45) is 0. The van der Waals surface area contributed by atoms with Gasteiger partial charge in [0.2, 0.25) is 0 Å². The van der Waals surface area contributed by atoms with Crippen LogP contribution in [0.5, 0.6) is 0 Å². The third-order valence-corrected chi connectivity index (χ3v) is 4.65. The van der Waals surface area contributed by atoms with Crippen molar-refractivity contribution in [1.29, 1.82) is 0 Å². The zero-order valence-electron chi connectivity index (χ0n) is 12.8. The van der Waals surface area contributed by atoms with Gasteiger partial charge in [0.15, 0.2) is 4.77 Å². The van der Waals surface area contributed by atoms with Crippen LogP contribution in [0.15, 0.2) is 16.6 Å². The number of nitrogens with one attached hydrogen (secondary N) is 1. The van der Waals surface area contributed by atoms with Gasteiger partial charge in [-0.25, -0.2) is 4.39 Å². The summed E-state index contributed by atoms with van der Waals surface area (Å²) in [6.45, 7) is 10.4. The van der Waals surface area contributed by atoms with Crippen molar-refractivity contribution in [3.8, 4) is 0 Å². The fourth-order valence-electron chi connectivity index (χ4n) is 2.70. The van der Waals surface area contributed by atoms with Crippen molar-refractivity contribution in [1.82, 2.24) is 14.5 Å². The molecule has 1 heterocycles. The number of aromatic nitrogens is 2. The maximum absolute atomic E-state index is 13.8. The van der Waals surface area contributed by atoms with Gasteiger partial charge in [0, 0.05) is 31.2 Å². The summed E-state index contributed by atoms with van der Waals surface area (Å²) in [5, 5.41) is 0. The van der Waals surface area contributed by atoms with Crippen LogP contribution in [0.3, 0.4) is 0 Å². The van der Waals surface area contributed by atoms with Gasteiger partial charge in [0.05, 0.1) is 15.5 Å². The zero-order chi connectivity index (χ0) is 15.7. The van der Waals surface area contributed by atoms with Gasteiger partial charge in [-0.2, -0.15) is 0 Å². The Balaban J connectivity index is 2.32. The molecule has 3 nitrogen and oxygen atoms in total. The molecule has 0 unspecified atom stereocenters. The van der Waals surface area contributed by atoms with E-state index in [1.165, 1.54) is 6.07 Å². The highest BCUT2D eigenvalue weighted by molar-refractivity contribution is 9.10. The maximum Gasteiger partial charge on any atom is 0.178 e. The van der Waals surface area contributed by atoms with Crippen LogP contribution >= 0.6 is 28.1 Å². The lowest BCUT2D eigenvalue weighted by Gasteiger charge is -2.30. The molecule has 2 rings (SSSR count). The van der Waals surface area contributed by atoms with Gasteiger partial charge in [0.1, 0.15) is 5.82 Å². The number of H-pyrrole nitrogens is 1. The number of hydrogen-bond acceptors (Lipinski definition) is 2. The summed E-state index contributed by atoms with van der Waals surface area (Å²) < 4.78 is 16.8. The molecular weight excluding hydrogens is 353 g/mol. The molecule has 0 atom stereocenters. The van der Waals surface area contributed by atoms with E-state index in [0.29, 0.717) is 21.3 Å². The molecule has 0 aliphatic carbocycles. The minimum Gasteiger partial charge on any atom is -0.331 e. The Hall–Kier alpha value is -0.720. The van der Waals surface area contributed by atoms with Crippen LogP contribution in [0.4, 0.5) is 4.39 Å². The van der Waals surface area contributed by atoms with Crippen LogP contribution in [0.25, 0.3) is 11.0 Å². The van der Waals surface area contributed by atoms with Crippen molar-refractivity contribution in [2.45, 2.75) is 46.3 Å². The normalized spacial score (nSPS) is 12.2. The number of imidazole rings is 1. The Morgan fingerprint density at radius 3 is 2.48 bits per heavy atom. The molecule has 0 spiro atoms. The van der Waals surface area contributed by atoms with Crippen LogP contribution in [-0.4, -0.2) is 33.1 Å². The third-order valence-electron chi connectivity index (χ3n) is 3.72. The Kier molecular flexibility index (Phi) is 5.22. The highest BCUT2D eigenvalue weighted by Gasteiger charge is 2.15. The van der Waals surface area contributed by atoms with Crippen LogP contribution in [0.2, 0.25) is 0 Å². The lowest BCUT2D eigenvalue weighted by Crippen LogP contribution is -2.39. The van der Waals surface area contributed by atoms with E-state index < -0.39 is 0 Å². The molecule has 0 amide bonds. The van der Waals surface area contributed by atoms with Crippen molar-refractivity contribution < 1.29 is 4.39 Å². The lowest BCUT2D eigenvalue weighted by molar-refractivity contribution is 0.168. The molecule has 0 radical (unpaired) electrons. The number of nitrogens with zero attached hydrogens (tertiary/aromatic N) is 2. The standard InChI is InChI=1S/C15H21BrFN3S/c1-9(2)19(10(3)4)5-6-20-14-8-12(17)11(16)7-13(14)18-15(20)21/h7-10H,5-6H2,1-4H3,(H,18,21). The number of hydrogen-bond donors (Lipinski definition) is 1. The SMILES string of the molecule is CC(C)N(CCn1c(=S)[nH]c2cc(Br)c(F)cc21)C(C)C. The number of fused-ring (bicyclic) bond motifs is 1. The van der Waals surface area contributed by atoms with E-state index in [2.05, 4.69) is 53.5 Å². The summed E-state index contributed by atoms with van der Waals surface area (Å²) in [7, 11) is 0. The van der Waals surface area contributed by atoms with E-state index in [9.17, 15) is 4.39 Å². The summed E-state index contributed by atoms with van der Waals surface area (Å²) in [5.41, 5.74) is 1.67. The molecule has 116 valence electrons. The maximum atomic E-state index is 13.8. The Labute approximate surface area is 138 Å². The molecule has 0 bridgehead atoms. The van der Waals surface area contributed by atoms with Gasteiger partial charge in [-0.3, -0.25) is 4.90 Å². The second-order valence-electron chi connectivity index (χ2n) is 5.79. The molecule has 1 aromatic heterocycles. The number of aromatic amines is 1. The van der Waals surface area contributed by atoms with Crippen molar-refractivity contribution in [2.24, 2.45) is 0 Å². The first kappa shape index (κ1) is 16.6. The van der Waals surface area contributed by atoms with E-state index in [1.54, 1.807) is 6.07 Å². The van der Waals surface area contributed by atoms with Crippen molar-refractivity contribution in [3.63, 3.8) is 0 Å². The van der Waals surface area contributed by atoms with E-state index in [-0.39, 0.29) is 5.82 Å². The minimum atomic E-state index is -0.269. The molecule has 0 saturated carbocycles. The fraction of sp³-hybridized carbons (Fsp3) is 0.533. The molecule has 2 aromatic rings. The average Bonchev–Trinajstić information content (AvgIpc) is 2.65. The molecular formula is C15H21BrFN3S. The van der Waals surface area contributed by atoms with Crippen molar-refractivity contribution >= 4 is 39.2 Å². The van der Waals surface area contributed by atoms with Crippen LogP contribution < -0.4 is 0 Å². The zero-order valence-corrected chi connectivity index (χ0v) is 15.2. The average molecular weight is 374 g/mol. The quantitative estimate of drug-likeness (QED) is 0.766. The van der Waals surface area contributed by atoms with Crippen LogP contribution in [0.1, 0.15) is 27.7 Å². The minimum absolute atomic E-state index is 0.269. The number of halogens is 2. The van der Waals surface area contributed by atoms with Crippen LogP contribution in [-0.2, 0) is 6.54 Å². The Bertz CT molecular complexity index is 682. The first-order chi connectivity index (χ1) is 9.81. The molecule has 21 heavy (non-hydrogen) atoms. The Morgan fingerprint density at radius 2 is 1.90 bits per heavy atom. The highest BCUT2D eigenvalue weighted by Crippen LogP contribution is 2.23. The summed E-state index contributed by atoms with van der Waals surface area (Å²) >= 11 is 8.58. The number of rotatable bonds is 5.